The van der Waals surface area contributed by atoms with Gasteiger partial charge in [-0.2, -0.15) is 13.2 Å². The lowest BCUT2D eigenvalue weighted by Crippen LogP contribution is -2.73. The second kappa shape index (κ2) is 8.95. The van der Waals surface area contributed by atoms with Crippen LogP contribution in [0.4, 0.5) is 13.2 Å². The molecule has 212 valence electrons. The number of halogens is 3. The van der Waals surface area contributed by atoms with Gasteiger partial charge in [0.2, 0.25) is 0 Å². The predicted molar refractivity (Wildman–Crippen MR) is 149 cm³/mol. The highest BCUT2D eigenvalue weighted by Crippen LogP contribution is 2.81. The summed E-state index contributed by atoms with van der Waals surface area (Å²) >= 11 is 1.54. The first-order valence-corrected chi connectivity index (χ1v) is 14.6. The maximum Gasteiger partial charge on any atom is 0.416 e. The number of benzene rings is 2. The molecule has 4 saturated carbocycles. The van der Waals surface area contributed by atoms with Crippen molar-refractivity contribution in [2.45, 2.75) is 63.9 Å². The summed E-state index contributed by atoms with van der Waals surface area (Å²) in [4.78, 5) is 27.6. The first kappa shape index (κ1) is 26.3. The number of amides is 1. The molecule has 9 heteroatoms. The standard InChI is InChI=1S/C32H29F3N2O3S/c1-20-25(26-24(41-20)11-14-37(26)15-21-7-9-23(10-8-21)32(33,34)35)27(38)36-31(12-13-31)30-17-29(18-30,19-30)28(39)40-16-22-5-3-2-4-6-22/h2-11,14H,12-13,15-19H2,1H3,(H,36,38). The highest BCUT2D eigenvalue weighted by atomic mass is 32.1. The van der Waals surface area contributed by atoms with Gasteiger partial charge in [0.05, 0.1) is 26.8 Å². The van der Waals surface area contributed by atoms with Gasteiger partial charge in [-0.25, -0.2) is 0 Å². The monoisotopic (exact) mass is 578 g/mol. The van der Waals surface area contributed by atoms with E-state index in [1.807, 2.05) is 54.1 Å². The van der Waals surface area contributed by atoms with Gasteiger partial charge in [0.25, 0.3) is 5.91 Å². The third kappa shape index (κ3) is 4.19. The lowest BCUT2D eigenvalue weighted by molar-refractivity contribution is -0.242. The average Bonchev–Trinajstić information content (AvgIpc) is 3.43. The number of carbonyl (C=O) groups excluding carboxylic acids is 2. The second-order valence-electron chi connectivity index (χ2n) is 12.1. The van der Waals surface area contributed by atoms with E-state index in [-0.39, 0.29) is 29.4 Å². The number of nitrogens with one attached hydrogen (secondary N) is 1. The van der Waals surface area contributed by atoms with E-state index in [0.717, 1.165) is 70.5 Å². The number of rotatable bonds is 8. The van der Waals surface area contributed by atoms with Gasteiger partial charge in [0.1, 0.15) is 6.61 Å². The lowest BCUT2D eigenvalue weighted by Gasteiger charge is -2.72. The summed E-state index contributed by atoms with van der Waals surface area (Å²) in [5, 5.41) is 3.38. The van der Waals surface area contributed by atoms with E-state index in [4.69, 9.17) is 4.74 Å². The van der Waals surface area contributed by atoms with Crippen LogP contribution in [0.25, 0.3) is 10.2 Å². The molecule has 4 aromatic rings. The fraction of sp³-hybridized carbons (Fsp3) is 0.375. The Labute approximate surface area is 239 Å². The molecule has 5 nitrogen and oxygen atoms in total. The molecule has 0 atom stereocenters. The average molecular weight is 579 g/mol. The lowest BCUT2D eigenvalue weighted by atomic mass is 9.32. The minimum atomic E-state index is -4.38. The molecule has 2 aromatic carbocycles. The highest BCUT2D eigenvalue weighted by Gasteiger charge is 2.81. The maximum absolute atomic E-state index is 13.8. The number of nitrogens with zero attached hydrogens (tertiary/aromatic N) is 1. The van der Waals surface area contributed by atoms with E-state index in [1.165, 1.54) is 12.1 Å². The molecule has 1 N–H and O–H groups in total. The summed E-state index contributed by atoms with van der Waals surface area (Å²) in [6.07, 6.45) is 1.53. The fourth-order valence-corrected chi connectivity index (χ4v) is 8.23. The highest BCUT2D eigenvalue weighted by molar-refractivity contribution is 7.19. The number of ether oxygens (including phenoxy) is 1. The Morgan fingerprint density at radius 1 is 0.976 bits per heavy atom. The number of fused-ring (bicyclic) bond motifs is 1. The van der Waals surface area contributed by atoms with Crippen molar-refractivity contribution in [3.63, 3.8) is 0 Å². The number of esters is 1. The molecule has 8 rings (SSSR count). The molecule has 4 aliphatic rings. The van der Waals surface area contributed by atoms with Crippen molar-refractivity contribution in [3.05, 3.63) is 94.0 Å². The summed E-state index contributed by atoms with van der Waals surface area (Å²) in [7, 11) is 0. The van der Waals surface area contributed by atoms with Crippen molar-refractivity contribution in [3.8, 4) is 0 Å². The van der Waals surface area contributed by atoms with Crippen molar-refractivity contribution < 1.29 is 27.5 Å². The van der Waals surface area contributed by atoms with Gasteiger partial charge in [-0.3, -0.25) is 9.59 Å². The fourth-order valence-electron chi connectivity index (χ4n) is 7.16. The van der Waals surface area contributed by atoms with Crippen LogP contribution in [0.3, 0.4) is 0 Å². The number of aryl methyl sites for hydroxylation is 1. The van der Waals surface area contributed by atoms with Gasteiger partial charge in [-0.1, -0.05) is 42.5 Å². The van der Waals surface area contributed by atoms with E-state index in [1.54, 1.807) is 11.3 Å². The first-order valence-electron chi connectivity index (χ1n) is 13.8. The van der Waals surface area contributed by atoms with Crippen LogP contribution in [-0.2, 0) is 28.9 Å². The van der Waals surface area contributed by atoms with Crippen LogP contribution in [0.5, 0.6) is 0 Å². The maximum atomic E-state index is 13.8. The molecule has 2 aromatic heterocycles. The van der Waals surface area contributed by atoms with Crippen LogP contribution in [-0.4, -0.2) is 22.0 Å². The van der Waals surface area contributed by atoms with Gasteiger partial charge < -0.3 is 14.6 Å². The van der Waals surface area contributed by atoms with E-state index < -0.39 is 17.2 Å². The molecule has 0 radical (unpaired) electrons. The molecule has 0 saturated heterocycles. The van der Waals surface area contributed by atoms with Crippen LogP contribution in [0.2, 0.25) is 0 Å². The van der Waals surface area contributed by atoms with E-state index >= 15 is 0 Å². The largest absolute Gasteiger partial charge is 0.460 e. The van der Waals surface area contributed by atoms with Crippen molar-refractivity contribution in [2.75, 3.05) is 0 Å². The first-order chi connectivity index (χ1) is 19.5. The second-order valence-corrected chi connectivity index (χ2v) is 13.3. The van der Waals surface area contributed by atoms with Gasteiger partial charge in [-0.15, -0.1) is 11.3 Å². The Kier molecular flexibility index (Phi) is 5.75. The third-order valence-electron chi connectivity index (χ3n) is 9.43. The Morgan fingerprint density at radius 3 is 2.29 bits per heavy atom. The molecule has 0 unspecified atom stereocenters. The minimum Gasteiger partial charge on any atom is -0.460 e. The van der Waals surface area contributed by atoms with Gasteiger partial charge in [0.15, 0.2) is 0 Å². The summed E-state index contributed by atoms with van der Waals surface area (Å²) in [6, 6.07) is 16.8. The van der Waals surface area contributed by atoms with Gasteiger partial charge in [-0.05, 0) is 73.8 Å². The SMILES string of the molecule is Cc1sc2ccn(Cc3ccc(C(F)(F)F)cc3)c2c1C(=O)NC1(C23CC(C(=O)OCc4ccccc4)(C2)C3)CC1. The van der Waals surface area contributed by atoms with Crippen LogP contribution in [0.1, 0.15) is 64.0 Å². The molecule has 1 amide bonds. The Balaban J connectivity index is 1.04. The van der Waals surface area contributed by atoms with Crippen LogP contribution in [0.15, 0.2) is 66.9 Å². The number of alkyl halides is 3. The smallest absolute Gasteiger partial charge is 0.416 e. The number of hydrogen-bond acceptors (Lipinski definition) is 4. The molecule has 2 bridgehead atoms. The summed E-state index contributed by atoms with van der Waals surface area (Å²) in [5.74, 6) is -0.258. The van der Waals surface area contributed by atoms with Crippen molar-refractivity contribution in [1.29, 1.82) is 0 Å². The van der Waals surface area contributed by atoms with E-state index in [9.17, 15) is 22.8 Å². The van der Waals surface area contributed by atoms with Crippen LogP contribution < -0.4 is 5.32 Å². The molecule has 0 aliphatic heterocycles. The zero-order valence-electron chi connectivity index (χ0n) is 22.5. The zero-order valence-corrected chi connectivity index (χ0v) is 23.3. The quantitative estimate of drug-likeness (QED) is 0.224. The van der Waals surface area contributed by atoms with E-state index in [2.05, 4.69) is 5.32 Å². The molecule has 4 fully saturated rings. The van der Waals surface area contributed by atoms with Crippen molar-refractivity contribution in [2.24, 2.45) is 10.8 Å². The van der Waals surface area contributed by atoms with E-state index in [0.29, 0.717) is 12.1 Å². The van der Waals surface area contributed by atoms with Crippen molar-refractivity contribution in [1.82, 2.24) is 9.88 Å². The number of carbonyl (C=O) groups is 2. The van der Waals surface area contributed by atoms with Crippen molar-refractivity contribution >= 4 is 33.4 Å². The molecular weight excluding hydrogens is 549 g/mol. The summed E-state index contributed by atoms with van der Waals surface area (Å²) in [5.41, 5.74) is 1.67. The minimum absolute atomic E-state index is 0.0559. The number of aromatic nitrogens is 1. The zero-order chi connectivity index (χ0) is 28.6. The third-order valence-corrected chi connectivity index (χ3v) is 10.5. The summed E-state index contributed by atoms with van der Waals surface area (Å²) in [6.45, 7) is 2.57. The summed E-state index contributed by atoms with van der Waals surface area (Å²) < 4.78 is 47.5. The molecule has 0 spiro atoms. The van der Waals surface area contributed by atoms with Gasteiger partial charge >= 0.3 is 12.1 Å². The Bertz CT molecular complexity index is 1650. The molecular formula is C32H29F3N2O3S. The van der Waals surface area contributed by atoms with Crippen LogP contribution >= 0.6 is 11.3 Å². The Morgan fingerprint density at radius 2 is 1.66 bits per heavy atom. The normalized spacial score (nSPS) is 23.9. The molecule has 2 heterocycles. The number of hydrogen-bond donors (Lipinski definition) is 1. The van der Waals surface area contributed by atoms with Crippen LogP contribution in [0, 0.1) is 17.8 Å². The topological polar surface area (TPSA) is 60.3 Å². The molecule has 4 aliphatic carbocycles. The van der Waals surface area contributed by atoms with Gasteiger partial charge in [0, 0.05) is 23.2 Å². The number of thiophene rings is 1. The molecule has 41 heavy (non-hydrogen) atoms. The Hall–Kier alpha value is -3.59. The predicted octanol–water partition coefficient (Wildman–Crippen LogP) is 7.25.